The molecule has 9 nitrogen and oxygen atoms in total. The van der Waals surface area contributed by atoms with Crippen molar-refractivity contribution in [3.05, 3.63) is 51.5 Å². The molecule has 0 aromatic heterocycles. The molecule has 2 aromatic rings. The van der Waals surface area contributed by atoms with Crippen LogP contribution in [0.1, 0.15) is 17.9 Å². The van der Waals surface area contributed by atoms with Gasteiger partial charge in [0.2, 0.25) is 11.8 Å². The zero-order chi connectivity index (χ0) is 25.5. The van der Waals surface area contributed by atoms with Gasteiger partial charge in [0, 0.05) is 24.5 Å². The van der Waals surface area contributed by atoms with Gasteiger partial charge >= 0.3 is 0 Å². The fraction of sp³-hybridized carbons (Fsp3) is 0.292. The number of hydrogen-bond donors (Lipinski definition) is 2. The molecule has 1 atom stereocenters. The Labute approximate surface area is 212 Å². The number of carbonyl (C=O) groups excluding carboxylic acids is 2. The van der Waals surface area contributed by atoms with Crippen LogP contribution in [0.2, 0.25) is 5.02 Å². The van der Waals surface area contributed by atoms with E-state index in [4.69, 9.17) is 30.5 Å². The Morgan fingerprint density at radius 1 is 1.09 bits per heavy atom. The summed E-state index contributed by atoms with van der Waals surface area (Å²) < 4.78 is 21.1. The van der Waals surface area contributed by atoms with Crippen LogP contribution in [-0.2, 0) is 9.59 Å². The van der Waals surface area contributed by atoms with Gasteiger partial charge in [-0.25, -0.2) is 0 Å². The van der Waals surface area contributed by atoms with Gasteiger partial charge in [0.05, 0.1) is 61.6 Å². The lowest BCUT2D eigenvalue weighted by Crippen LogP contribution is -2.31. The van der Waals surface area contributed by atoms with Gasteiger partial charge in [0.15, 0.2) is 11.5 Å². The number of anilines is 1. The zero-order valence-electron chi connectivity index (χ0n) is 19.6. The molecule has 11 heteroatoms. The van der Waals surface area contributed by atoms with E-state index in [0.29, 0.717) is 44.3 Å². The third-order valence-corrected chi connectivity index (χ3v) is 6.57. The number of allylic oxidation sites excluding steroid dienone is 1. The molecule has 184 valence electrons. The van der Waals surface area contributed by atoms with Crippen molar-refractivity contribution in [3.63, 3.8) is 0 Å². The average Bonchev–Trinajstić information content (AvgIpc) is 2.87. The minimum atomic E-state index is -0.486. The highest BCUT2D eigenvalue weighted by Crippen LogP contribution is 2.40. The minimum absolute atomic E-state index is 0.0620. The maximum atomic E-state index is 12.7. The standard InChI is InChI=1S/C24H24ClN3O6S/c1-31-18-6-5-13(7-21(18)34-4)14-8-22(29)28-24(15(14)11-26)35-12-23(30)27-17-10-19(32-2)16(25)9-20(17)33-3/h5-7,9-10,14H,8,12H2,1-4H3,(H,27,30)(H,28,29)/t14-/m0/s1. The molecule has 3 rings (SSSR count). The Kier molecular flexibility index (Phi) is 8.73. The van der Waals surface area contributed by atoms with Crippen molar-refractivity contribution < 1.29 is 28.5 Å². The van der Waals surface area contributed by atoms with E-state index in [1.807, 2.05) is 0 Å². The number of hydrogen-bond acceptors (Lipinski definition) is 8. The Morgan fingerprint density at radius 2 is 1.77 bits per heavy atom. The highest BCUT2D eigenvalue weighted by atomic mass is 35.5. The molecule has 0 spiro atoms. The number of amides is 2. The molecule has 0 aliphatic carbocycles. The second kappa shape index (κ2) is 11.7. The monoisotopic (exact) mass is 517 g/mol. The first-order valence-electron chi connectivity index (χ1n) is 10.3. The van der Waals surface area contributed by atoms with Crippen molar-refractivity contribution in [2.75, 3.05) is 39.5 Å². The SMILES string of the molecule is COc1cc(NC(=O)CSC2=C(C#N)[C@H](c3ccc(OC)c(OC)c3)CC(=O)N2)c(OC)cc1Cl. The molecule has 2 amide bonds. The quantitative estimate of drug-likeness (QED) is 0.510. The van der Waals surface area contributed by atoms with Gasteiger partial charge in [-0.1, -0.05) is 29.4 Å². The summed E-state index contributed by atoms with van der Waals surface area (Å²) >= 11 is 7.17. The van der Waals surface area contributed by atoms with Crippen LogP contribution in [0.4, 0.5) is 5.69 Å². The van der Waals surface area contributed by atoms with Crippen molar-refractivity contribution in [1.82, 2.24) is 5.32 Å². The van der Waals surface area contributed by atoms with E-state index in [1.54, 1.807) is 24.3 Å². The maximum Gasteiger partial charge on any atom is 0.234 e. The van der Waals surface area contributed by atoms with Crippen molar-refractivity contribution in [1.29, 1.82) is 5.26 Å². The van der Waals surface area contributed by atoms with Crippen LogP contribution in [0.15, 0.2) is 40.9 Å². The van der Waals surface area contributed by atoms with E-state index >= 15 is 0 Å². The fourth-order valence-electron chi connectivity index (χ4n) is 3.57. The van der Waals surface area contributed by atoms with Crippen molar-refractivity contribution >= 4 is 40.9 Å². The number of rotatable bonds is 9. The Bertz CT molecular complexity index is 1210. The predicted octanol–water partition coefficient (Wildman–Crippen LogP) is 4.08. The van der Waals surface area contributed by atoms with Gasteiger partial charge in [-0.05, 0) is 17.7 Å². The molecular weight excluding hydrogens is 494 g/mol. The maximum absolute atomic E-state index is 12.7. The smallest absolute Gasteiger partial charge is 0.234 e. The molecule has 0 unspecified atom stereocenters. The highest BCUT2D eigenvalue weighted by Gasteiger charge is 2.30. The van der Waals surface area contributed by atoms with Gasteiger partial charge in [-0.2, -0.15) is 5.26 Å². The summed E-state index contributed by atoms with van der Waals surface area (Å²) in [6.45, 7) is 0. The third kappa shape index (κ3) is 5.93. The molecule has 0 saturated carbocycles. The largest absolute Gasteiger partial charge is 0.495 e. The van der Waals surface area contributed by atoms with Crippen molar-refractivity contribution in [2.45, 2.75) is 12.3 Å². The fourth-order valence-corrected chi connectivity index (χ4v) is 4.68. The summed E-state index contributed by atoms with van der Waals surface area (Å²) in [7, 11) is 5.97. The number of nitriles is 1. The third-order valence-electron chi connectivity index (χ3n) is 5.26. The molecule has 0 fully saturated rings. The summed E-state index contributed by atoms with van der Waals surface area (Å²) in [5.74, 6) is 0.607. The lowest BCUT2D eigenvalue weighted by atomic mass is 9.87. The van der Waals surface area contributed by atoms with E-state index in [2.05, 4.69) is 16.7 Å². The molecule has 0 saturated heterocycles. The lowest BCUT2D eigenvalue weighted by Gasteiger charge is -2.25. The second-order valence-corrected chi connectivity index (χ2v) is 8.69. The van der Waals surface area contributed by atoms with Gasteiger partial charge in [0.25, 0.3) is 0 Å². The van der Waals surface area contributed by atoms with Crippen LogP contribution in [0.5, 0.6) is 23.0 Å². The first-order valence-corrected chi connectivity index (χ1v) is 11.7. The van der Waals surface area contributed by atoms with E-state index < -0.39 is 5.92 Å². The lowest BCUT2D eigenvalue weighted by molar-refractivity contribution is -0.121. The number of thioether (sulfide) groups is 1. The summed E-state index contributed by atoms with van der Waals surface area (Å²) in [6.07, 6.45) is 0.0937. The summed E-state index contributed by atoms with van der Waals surface area (Å²) in [4.78, 5) is 25.1. The van der Waals surface area contributed by atoms with Gasteiger partial charge in [-0.15, -0.1) is 0 Å². The van der Waals surface area contributed by atoms with E-state index in [9.17, 15) is 14.9 Å². The molecular formula is C24H24ClN3O6S. The van der Waals surface area contributed by atoms with Crippen LogP contribution in [0.25, 0.3) is 0 Å². The average molecular weight is 518 g/mol. The van der Waals surface area contributed by atoms with E-state index in [1.165, 1.54) is 34.5 Å². The normalized spacial score (nSPS) is 15.1. The Morgan fingerprint density at radius 3 is 2.40 bits per heavy atom. The minimum Gasteiger partial charge on any atom is -0.495 e. The zero-order valence-corrected chi connectivity index (χ0v) is 21.1. The molecule has 1 aliphatic heterocycles. The molecule has 2 N–H and O–H groups in total. The Balaban J connectivity index is 1.81. The summed E-state index contributed by atoms with van der Waals surface area (Å²) in [6, 6.07) is 10.5. The first-order chi connectivity index (χ1) is 16.8. The summed E-state index contributed by atoms with van der Waals surface area (Å²) in [5.41, 5.74) is 1.47. The summed E-state index contributed by atoms with van der Waals surface area (Å²) in [5, 5.41) is 16.0. The highest BCUT2D eigenvalue weighted by molar-refractivity contribution is 8.03. The molecule has 35 heavy (non-hydrogen) atoms. The van der Waals surface area contributed by atoms with E-state index in [-0.39, 0.29) is 24.0 Å². The first kappa shape index (κ1) is 26.1. The number of nitrogens with one attached hydrogen (secondary N) is 2. The number of ether oxygens (including phenoxy) is 4. The van der Waals surface area contributed by atoms with Crippen molar-refractivity contribution in [2.24, 2.45) is 0 Å². The second-order valence-electron chi connectivity index (χ2n) is 7.30. The van der Waals surface area contributed by atoms with Gasteiger partial charge in [-0.3, -0.25) is 9.59 Å². The van der Waals surface area contributed by atoms with Crippen LogP contribution in [0.3, 0.4) is 0 Å². The Hall–Kier alpha value is -3.55. The van der Waals surface area contributed by atoms with E-state index in [0.717, 1.165) is 17.3 Å². The molecule has 0 radical (unpaired) electrons. The number of methoxy groups -OCH3 is 4. The van der Waals surface area contributed by atoms with Gasteiger partial charge < -0.3 is 29.6 Å². The number of benzene rings is 2. The molecule has 1 heterocycles. The van der Waals surface area contributed by atoms with Crippen LogP contribution < -0.4 is 29.6 Å². The van der Waals surface area contributed by atoms with Crippen molar-refractivity contribution in [3.8, 4) is 29.1 Å². The molecule has 0 bridgehead atoms. The number of nitrogens with zero attached hydrogens (tertiary/aromatic N) is 1. The van der Waals surface area contributed by atoms with Gasteiger partial charge in [0.1, 0.15) is 11.5 Å². The topological polar surface area (TPSA) is 119 Å². The predicted molar refractivity (Wildman–Crippen MR) is 133 cm³/mol. The molecule has 1 aliphatic rings. The van der Waals surface area contributed by atoms with Crippen LogP contribution >= 0.6 is 23.4 Å². The molecule has 2 aromatic carbocycles. The number of halogens is 1. The number of carbonyl (C=O) groups is 2. The van der Waals surface area contributed by atoms with Crippen LogP contribution in [0, 0.1) is 11.3 Å². The van der Waals surface area contributed by atoms with Crippen LogP contribution in [-0.4, -0.2) is 46.0 Å².